The third kappa shape index (κ3) is 2.67. The number of ether oxygens (including phenoxy) is 1. The monoisotopic (exact) mass is 293 g/mol. The summed E-state index contributed by atoms with van der Waals surface area (Å²) >= 11 is 1.35. The minimum absolute atomic E-state index is 0.0701. The van der Waals surface area contributed by atoms with Gasteiger partial charge in [0, 0.05) is 25.1 Å². The number of carbonyl (C=O) groups is 2. The predicted molar refractivity (Wildman–Crippen MR) is 75.8 cm³/mol. The Balaban J connectivity index is 2.45. The minimum atomic E-state index is -0.553. The van der Waals surface area contributed by atoms with E-state index in [9.17, 15) is 9.59 Å². The first-order chi connectivity index (χ1) is 9.60. The molecule has 1 unspecified atom stereocenters. The van der Waals surface area contributed by atoms with Gasteiger partial charge in [-0.3, -0.25) is 9.69 Å². The minimum Gasteiger partial charge on any atom is -0.465 e. The van der Waals surface area contributed by atoms with Gasteiger partial charge in [-0.05, 0) is 6.26 Å². The molecule has 0 saturated carbocycles. The maximum atomic E-state index is 12.1. The Morgan fingerprint density at radius 1 is 1.65 bits per heavy atom. The van der Waals surface area contributed by atoms with Gasteiger partial charge in [-0.25, -0.2) is 14.8 Å². The molecule has 1 aromatic heterocycles. The van der Waals surface area contributed by atoms with Crippen molar-refractivity contribution in [3.63, 3.8) is 0 Å². The maximum absolute atomic E-state index is 12.1. The highest BCUT2D eigenvalue weighted by atomic mass is 32.2. The summed E-state index contributed by atoms with van der Waals surface area (Å²) in [5.41, 5.74) is 0.198. The molecule has 1 aliphatic heterocycles. The normalized spacial score (nSPS) is 18.2. The topological polar surface area (TPSA) is 72.4 Å². The first-order valence-electron chi connectivity index (χ1n) is 6.03. The Morgan fingerprint density at radius 2 is 2.40 bits per heavy atom. The summed E-state index contributed by atoms with van der Waals surface area (Å²) in [7, 11) is 1.28. The van der Waals surface area contributed by atoms with Gasteiger partial charge in [-0.2, -0.15) is 0 Å². The molecule has 0 aliphatic carbocycles. The van der Waals surface area contributed by atoms with Crippen molar-refractivity contribution in [3.8, 4) is 0 Å². The fraction of sp³-hybridized carbons (Fsp3) is 0.385. The molecule has 1 atom stereocenters. The first kappa shape index (κ1) is 14.5. The Morgan fingerprint density at radius 3 is 2.95 bits per heavy atom. The molecule has 6 nitrogen and oxygen atoms in total. The fourth-order valence-electron chi connectivity index (χ4n) is 2.01. The van der Waals surface area contributed by atoms with Crippen LogP contribution in [0.3, 0.4) is 0 Å². The Labute approximate surface area is 121 Å². The number of amides is 1. The van der Waals surface area contributed by atoms with Gasteiger partial charge in [0.15, 0.2) is 11.0 Å². The Hall–Kier alpha value is -1.89. The number of thioether (sulfide) groups is 1. The van der Waals surface area contributed by atoms with Crippen molar-refractivity contribution in [3.05, 3.63) is 24.4 Å². The molecule has 0 spiro atoms. The average Bonchev–Trinajstić information content (AvgIpc) is 2.86. The quantitative estimate of drug-likeness (QED) is 0.363. The molecule has 7 heteroatoms. The van der Waals surface area contributed by atoms with Crippen molar-refractivity contribution in [2.24, 2.45) is 5.92 Å². The molecule has 0 aromatic carbocycles. The number of esters is 1. The van der Waals surface area contributed by atoms with Gasteiger partial charge in [-0.1, -0.05) is 17.8 Å². The molecule has 2 rings (SSSR count). The van der Waals surface area contributed by atoms with Crippen LogP contribution in [-0.4, -0.2) is 41.8 Å². The molecule has 106 valence electrons. The first-order valence-corrected chi connectivity index (χ1v) is 7.25. The molecule has 1 amide bonds. The number of hydrogen-bond acceptors (Lipinski definition) is 6. The Bertz CT molecular complexity index is 562. The summed E-state index contributed by atoms with van der Waals surface area (Å²) in [6.45, 7) is 4.17. The van der Waals surface area contributed by atoms with Crippen molar-refractivity contribution >= 4 is 29.5 Å². The van der Waals surface area contributed by atoms with Crippen LogP contribution in [0.4, 0.5) is 5.82 Å². The van der Waals surface area contributed by atoms with Crippen molar-refractivity contribution < 1.29 is 14.3 Å². The molecule has 1 fully saturated rings. The van der Waals surface area contributed by atoms with Crippen molar-refractivity contribution in [2.45, 2.75) is 11.6 Å². The van der Waals surface area contributed by atoms with Gasteiger partial charge in [0.05, 0.1) is 7.11 Å². The fourth-order valence-corrected chi connectivity index (χ4v) is 2.35. The van der Waals surface area contributed by atoms with E-state index in [2.05, 4.69) is 16.5 Å². The molecule has 0 radical (unpaired) electrons. The van der Waals surface area contributed by atoms with Crippen LogP contribution < -0.4 is 4.90 Å². The highest BCUT2D eigenvalue weighted by Gasteiger charge is 2.33. The van der Waals surface area contributed by atoms with Crippen molar-refractivity contribution in [1.29, 1.82) is 0 Å². The van der Waals surface area contributed by atoms with Gasteiger partial charge < -0.3 is 4.74 Å². The van der Waals surface area contributed by atoms with E-state index < -0.39 is 5.97 Å². The molecule has 1 saturated heterocycles. The van der Waals surface area contributed by atoms with Crippen LogP contribution >= 0.6 is 11.8 Å². The summed E-state index contributed by atoms with van der Waals surface area (Å²) in [4.78, 5) is 33.7. The standard InChI is InChI=1S/C13H15N3O3S/c1-4-8-5-10(17)16(7-8)11-9(12(18)19-2)6-14-13(15-11)20-3/h4,6,8H,1,5,7H2,2-3H3. The lowest BCUT2D eigenvalue weighted by Gasteiger charge is -2.18. The van der Waals surface area contributed by atoms with Gasteiger partial charge in [0.2, 0.25) is 5.91 Å². The van der Waals surface area contributed by atoms with Crippen LogP contribution in [0, 0.1) is 5.92 Å². The number of nitrogens with zero attached hydrogens (tertiary/aromatic N) is 3. The lowest BCUT2D eigenvalue weighted by molar-refractivity contribution is -0.117. The summed E-state index contributed by atoms with van der Waals surface area (Å²) in [5, 5.41) is 0.502. The molecule has 0 N–H and O–H groups in total. The lowest BCUT2D eigenvalue weighted by atomic mass is 10.1. The van der Waals surface area contributed by atoms with Crippen LogP contribution in [0.1, 0.15) is 16.8 Å². The number of anilines is 1. The van der Waals surface area contributed by atoms with E-state index in [-0.39, 0.29) is 17.4 Å². The lowest BCUT2D eigenvalue weighted by Crippen LogP contribution is -2.28. The number of hydrogen-bond donors (Lipinski definition) is 0. The zero-order valence-corrected chi connectivity index (χ0v) is 12.1. The predicted octanol–water partition coefficient (Wildman–Crippen LogP) is 1.52. The molecule has 20 heavy (non-hydrogen) atoms. The van der Waals surface area contributed by atoms with Crippen LogP contribution in [0.25, 0.3) is 0 Å². The van der Waals surface area contributed by atoms with E-state index in [4.69, 9.17) is 4.74 Å². The zero-order valence-electron chi connectivity index (χ0n) is 11.3. The second-order valence-corrected chi connectivity index (χ2v) is 5.06. The summed E-state index contributed by atoms with van der Waals surface area (Å²) in [6.07, 6.45) is 5.35. The summed E-state index contributed by atoms with van der Waals surface area (Å²) in [5.74, 6) is -0.250. The van der Waals surface area contributed by atoms with Gasteiger partial charge in [0.25, 0.3) is 0 Å². The van der Waals surface area contributed by atoms with Gasteiger partial charge >= 0.3 is 5.97 Å². The molecule has 1 aromatic rings. The maximum Gasteiger partial charge on any atom is 0.343 e. The molecule has 2 heterocycles. The van der Waals surface area contributed by atoms with Gasteiger partial charge in [0.1, 0.15) is 5.56 Å². The Kier molecular flexibility index (Phi) is 4.39. The highest BCUT2D eigenvalue weighted by molar-refractivity contribution is 7.98. The smallest absolute Gasteiger partial charge is 0.343 e. The largest absolute Gasteiger partial charge is 0.465 e. The second kappa shape index (κ2) is 6.04. The molecule has 1 aliphatic rings. The average molecular weight is 293 g/mol. The zero-order chi connectivity index (χ0) is 14.7. The highest BCUT2D eigenvalue weighted by Crippen LogP contribution is 2.28. The van der Waals surface area contributed by atoms with Crippen molar-refractivity contribution in [2.75, 3.05) is 24.8 Å². The van der Waals surface area contributed by atoms with E-state index in [0.717, 1.165) is 0 Å². The van der Waals surface area contributed by atoms with Crippen LogP contribution in [0.15, 0.2) is 24.0 Å². The van der Waals surface area contributed by atoms with E-state index in [1.54, 1.807) is 6.08 Å². The third-order valence-corrected chi connectivity index (χ3v) is 3.64. The van der Waals surface area contributed by atoms with Crippen LogP contribution in [0.5, 0.6) is 0 Å². The van der Waals surface area contributed by atoms with Gasteiger partial charge in [-0.15, -0.1) is 6.58 Å². The van der Waals surface area contributed by atoms with E-state index in [1.165, 1.54) is 30.0 Å². The number of rotatable bonds is 4. The number of carbonyl (C=O) groups excluding carboxylic acids is 2. The second-order valence-electron chi connectivity index (χ2n) is 4.29. The molecular weight excluding hydrogens is 278 g/mol. The number of methoxy groups -OCH3 is 1. The van der Waals surface area contributed by atoms with E-state index >= 15 is 0 Å². The third-order valence-electron chi connectivity index (χ3n) is 3.08. The summed E-state index contributed by atoms with van der Waals surface area (Å²) < 4.78 is 4.71. The molecular formula is C13H15N3O3S. The van der Waals surface area contributed by atoms with E-state index in [1.807, 2.05) is 6.26 Å². The van der Waals surface area contributed by atoms with Crippen molar-refractivity contribution in [1.82, 2.24) is 9.97 Å². The van der Waals surface area contributed by atoms with Crippen LogP contribution in [0.2, 0.25) is 0 Å². The number of aromatic nitrogens is 2. The van der Waals surface area contributed by atoms with E-state index in [0.29, 0.717) is 23.9 Å². The summed E-state index contributed by atoms with van der Waals surface area (Å²) in [6, 6.07) is 0. The SMILES string of the molecule is C=CC1CC(=O)N(c2nc(SC)ncc2C(=O)OC)C1. The molecule has 0 bridgehead atoms. The van der Waals surface area contributed by atoms with Crippen LogP contribution in [-0.2, 0) is 9.53 Å².